The summed E-state index contributed by atoms with van der Waals surface area (Å²) in [4.78, 5) is 1.22. The van der Waals surface area contributed by atoms with Crippen molar-refractivity contribution >= 4 is 39.7 Å². The molecule has 23 heavy (non-hydrogen) atoms. The molecular formula is C18H20BrNO2S. The molecule has 2 aromatic rings. The Kier molecular flexibility index (Phi) is 6.86. The lowest BCUT2D eigenvalue weighted by molar-refractivity contribution is 0.407. The number of hydrogen-bond acceptors (Lipinski definition) is 4. The van der Waals surface area contributed by atoms with E-state index >= 15 is 0 Å². The molecule has 2 rings (SSSR count). The van der Waals surface area contributed by atoms with E-state index in [2.05, 4.69) is 35.2 Å². The van der Waals surface area contributed by atoms with Crippen molar-refractivity contribution < 1.29 is 9.84 Å². The molecule has 0 saturated heterocycles. The molecule has 0 aliphatic rings. The SMILES string of the molecule is CCN(Br)c1ccccc1SC/C=C/c1ccc(OC)cc1O. The van der Waals surface area contributed by atoms with Crippen LogP contribution >= 0.6 is 27.9 Å². The van der Waals surface area contributed by atoms with Gasteiger partial charge in [0.15, 0.2) is 0 Å². The van der Waals surface area contributed by atoms with Crippen LogP contribution in [0.1, 0.15) is 12.5 Å². The lowest BCUT2D eigenvalue weighted by Crippen LogP contribution is -2.08. The maximum Gasteiger partial charge on any atom is 0.126 e. The van der Waals surface area contributed by atoms with E-state index in [4.69, 9.17) is 4.74 Å². The molecule has 0 bridgehead atoms. The van der Waals surface area contributed by atoms with Gasteiger partial charge >= 0.3 is 0 Å². The summed E-state index contributed by atoms with van der Waals surface area (Å²) >= 11 is 5.32. The van der Waals surface area contributed by atoms with Gasteiger partial charge in [0.1, 0.15) is 11.5 Å². The molecule has 0 aliphatic carbocycles. The Hall–Kier alpha value is -1.59. The largest absolute Gasteiger partial charge is 0.507 e. The van der Waals surface area contributed by atoms with Gasteiger partial charge in [-0.3, -0.25) is 0 Å². The summed E-state index contributed by atoms with van der Waals surface area (Å²) in [7, 11) is 1.59. The number of thioether (sulfide) groups is 1. The van der Waals surface area contributed by atoms with E-state index in [1.807, 2.05) is 40.3 Å². The Morgan fingerprint density at radius 1 is 1.26 bits per heavy atom. The average Bonchev–Trinajstić information content (AvgIpc) is 2.59. The Labute approximate surface area is 150 Å². The van der Waals surface area contributed by atoms with Gasteiger partial charge in [0.25, 0.3) is 0 Å². The number of phenols is 1. The fraction of sp³-hybridized carbons (Fsp3) is 0.222. The zero-order valence-corrected chi connectivity index (χ0v) is 15.6. The van der Waals surface area contributed by atoms with E-state index in [-0.39, 0.29) is 5.75 Å². The molecule has 0 radical (unpaired) electrons. The highest BCUT2D eigenvalue weighted by Gasteiger charge is 2.06. The Morgan fingerprint density at radius 3 is 2.74 bits per heavy atom. The minimum atomic E-state index is 0.226. The lowest BCUT2D eigenvalue weighted by Gasteiger charge is -2.17. The second-order valence-electron chi connectivity index (χ2n) is 4.78. The van der Waals surface area contributed by atoms with E-state index in [1.165, 1.54) is 10.6 Å². The molecule has 3 nitrogen and oxygen atoms in total. The number of nitrogens with zero attached hydrogens (tertiary/aromatic N) is 1. The summed E-state index contributed by atoms with van der Waals surface area (Å²) < 4.78 is 7.13. The number of rotatable bonds is 7. The first kappa shape index (κ1) is 17.8. The topological polar surface area (TPSA) is 32.7 Å². The first-order valence-electron chi connectivity index (χ1n) is 7.34. The molecule has 0 unspecified atom stereocenters. The molecule has 0 fully saturated rings. The highest BCUT2D eigenvalue weighted by atomic mass is 79.9. The molecule has 0 aliphatic heterocycles. The van der Waals surface area contributed by atoms with Crippen LogP contribution in [-0.2, 0) is 0 Å². The van der Waals surface area contributed by atoms with Crippen LogP contribution < -0.4 is 8.66 Å². The van der Waals surface area contributed by atoms with Crippen molar-refractivity contribution in [3.8, 4) is 11.5 Å². The number of anilines is 1. The van der Waals surface area contributed by atoms with Crippen LogP contribution in [0, 0.1) is 0 Å². The molecule has 1 N–H and O–H groups in total. The van der Waals surface area contributed by atoms with Gasteiger partial charge in [-0.2, -0.15) is 0 Å². The first-order chi connectivity index (χ1) is 11.2. The molecule has 122 valence electrons. The van der Waals surface area contributed by atoms with E-state index in [0.717, 1.165) is 17.9 Å². The minimum absolute atomic E-state index is 0.226. The van der Waals surface area contributed by atoms with Crippen LogP contribution in [0.5, 0.6) is 11.5 Å². The van der Waals surface area contributed by atoms with Crippen LogP contribution in [-0.4, -0.2) is 24.5 Å². The number of para-hydroxylation sites is 1. The van der Waals surface area contributed by atoms with E-state index in [9.17, 15) is 5.11 Å². The third kappa shape index (κ3) is 4.94. The minimum Gasteiger partial charge on any atom is -0.507 e. The van der Waals surface area contributed by atoms with Gasteiger partial charge in [-0.25, -0.2) is 0 Å². The van der Waals surface area contributed by atoms with Gasteiger partial charge in [0, 0.05) is 45.0 Å². The van der Waals surface area contributed by atoms with Gasteiger partial charge in [-0.05, 0) is 31.2 Å². The highest BCUT2D eigenvalue weighted by Crippen LogP contribution is 2.32. The maximum absolute atomic E-state index is 9.94. The summed E-state index contributed by atoms with van der Waals surface area (Å²) in [6, 6.07) is 13.6. The molecule has 0 saturated carbocycles. The normalized spacial score (nSPS) is 10.9. The van der Waals surface area contributed by atoms with Crippen molar-refractivity contribution in [3.05, 3.63) is 54.1 Å². The quantitative estimate of drug-likeness (QED) is 0.508. The molecule has 0 aromatic heterocycles. The molecule has 2 aromatic carbocycles. The molecule has 0 spiro atoms. The summed E-state index contributed by atoms with van der Waals surface area (Å²) in [5, 5.41) is 9.94. The van der Waals surface area contributed by atoms with Crippen molar-refractivity contribution in [2.24, 2.45) is 0 Å². The maximum atomic E-state index is 9.94. The zero-order chi connectivity index (χ0) is 16.7. The fourth-order valence-electron chi connectivity index (χ4n) is 2.05. The average molecular weight is 394 g/mol. The first-order valence-corrected chi connectivity index (χ1v) is 9.04. The van der Waals surface area contributed by atoms with Crippen molar-refractivity contribution in [2.75, 3.05) is 23.3 Å². The van der Waals surface area contributed by atoms with Crippen LogP contribution in [0.4, 0.5) is 5.69 Å². The summed E-state index contributed by atoms with van der Waals surface area (Å²) in [5.74, 6) is 1.70. The number of hydrogen-bond donors (Lipinski definition) is 1. The molecule has 0 heterocycles. The number of phenolic OH excluding ortho intramolecular Hbond substituents is 1. The van der Waals surface area contributed by atoms with E-state index in [1.54, 1.807) is 24.9 Å². The van der Waals surface area contributed by atoms with Crippen LogP contribution in [0.2, 0.25) is 0 Å². The Morgan fingerprint density at radius 2 is 2.04 bits per heavy atom. The van der Waals surface area contributed by atoms with Gasteiger partial charge < -0.3 is 13.8 Å². The van der Waals surface area contributed by atoms with E-state index < -0.39 is 0 Å². The number of halogens is 1. The summed E-state index contributed by atoms with van der Waals surface area (Å²) in [5.41, 5.74) is 1.95. The molecule has 0 amide bonds. The number of aromatic hydroxyl groups is 1. The van der Waals surface area contributed by atoms with Crippen LogP contribution in [0.15, 0.2) is 53.4 Å². The predicted molar refractivity (Wildman–Crippen MR) is 103 cm³/mol. The van der Waals surface area contributed by atoms with E-state index in [0.29, 0.717) is 5.75 Å². The van der Waals surface area contributed by atoms with Gasteiger partial charge in [-0.1, -0.05) is 24.3 Å². The number of benzene rings is 2. The predicted octanol–water partition coefficient (Wildman–Crippen LogP) is 5.34. The zero-order valence-electron chi connectivity index (χ0n) is 13.2. The monoisotopic (exact) mass is 393 g/mol. The molecular weight excluding hydrogens is 374 g/mol. The third-order valence-electron chi connectivity index (χ3n) is 3.27. The second-order valence-corrected chi connectivity index (χ2v) is 6.70. The Balaban J connectivity index is 2.00. The Bertz CT molecular complexity index is 676. The lowest BCUT2D eigenvalue weighted by atomic mass is 10.2. The van der Waals surface area contributed by atoms with Crippen LogP contribution in [0.3, 0.4) is 0 Å². The van der Waals surface area contributed by atoms with Gasteiger partial charge in [0.05, 0.1) is 12.8 Å². The standard InChI is InChI=1S/C18H20BrNO2S/c1-3-20(19)16-8-4-5-9-18(16)23-12-6-7-14-10-11-15(22-2)13-17(14)21/h4-11,13,21H,3,12H2,1-2H3/b7-6+. The molecule has 0 atom stereocenters. The summed E-state index contributed by atoms with van der Waals surface area (Å²) in [6.07, 6.45) is 3.98. The number of ether oxygens (including phenoxy) is 1. The van der Waals surface area contributed by atoms with Crippen molar-refractivity contribution in [1.82, 2.24) is 0 Å². The van der Waals surface area contributed by atoms with Gasteiger partial charge in [0.2, 0.25) is 0 Å². The van der Waals surface area contributed by atoms with Crippen molar-refractivity contribution in [2.45, 2.75) is 11.8 Å². The fourth-order valence-corrected chi connectivity index (χ4v) is 3.35. The van der Waals surface area contributed by atoms with Crippen molar-refractivity contribution in [1.29, 1.82) is 0 Å². The second kappa shape index (κ2) is 8.89. The smallest absolute Gasteiger partial charge is 0.126 e. The third-order valence-corrected chi connectivity index (χ3v) is 5.17. The summed E-state index contributed by atoms with van der Waals surface area (Å²) in [6.45, 7) is 3.00. The van der Waals surface area contributed by atoms with Crippen molar-refractivity contribution in [3.63, 3.8) is 0 Å². The highest BCUT2D eigenvalue weighted by molar-refractivity contribution is 9.10. The number of methoxy groups -OCH3 is 1. The molecule has 5 heteroatoms. The van der Waals surface area contributed by atoms with Gasteiger partial charge in [-0.15, -0.1) is 11.8 Å². The van der Waals surface area contributed by atoms with Crippen LogP contribution in [0.25, 0.3) is 6.08 Å².